The zero-order valence-electron chi connectivity index (χ0n) is 22.1. The summed E-state index contributed by atoms with van der Waals surface area (Å²) in [5.74, 6) is 0.882. The monoisotopic (exact) mass is 642 g/mol. The van der Waals surface area contributed by atoms with E-state index in [-0.39, 0.29) is 45.5 Å². The molecule has 0 amide bonds. The summed E-state index contributed by atoms with van der Waals surface area (Å²) < 4.78 is 2.04. The molecular weight excluding hydrogens is 604 g/mol. The highest BCUT2D eigenvalue weighted by Gasteiger charge is 2.33. The van der Waals surface area contributed by atoms with E-state index in [1.54, 1.807) is 30.3 Å². The highest BCUT2D eigenvalue weighted by atomic mass is 79.9. The molecule has 6 nitrogen and oxygen atoms in total. The van der Waals surface area contributed by atoms with Crippen LogP contribution in [0.1, 0.15) is 44.7 Å². The summed E-state index contributed by atoms with van der Waals surface area (Å²) in [6.07, 6.45) is 4.33. The van der Waals surface area contributed by atoms with Crippen LogP contribution in [0.4, 0.5) is 11.4 Å². The molecule has 0 atom stereocenters. The van der Waals surface area contributed by atoms with E-state index < -0.39 is 0 Å². The molecule has 0 saturated heterocycles. The van der Waals surface area contributed by atoms with Gasteiger partial charge in [-0.05, 0) is 18.4 Å². The van der Waals surface area contributed by atoms with Crippen molar-refractivity contribution in [1.82, 2.24) is 0 Å². The fraction of sp³-hybridized carbons (Fsp3) is 0.481. The Morgan fingerprint density at radius 3 is 1.89 bits per heavy atom. The molecule has 0 saturated carbocycles. The van der Waals surface area contributed by atoms with E-state index in [9.17, 15) is 9.59 Å². The Hall–Kier alpha value is -1.39. The number of hydrogen-bond acceptors (Lipinski definition) is 5. The number of quaternary nitrogens is 2. The van der Waals surface area contributed by atoms with Crippen molar-refractivity contribution in [2.75, 3.05) is 84.0 Å². The summed E-state index contributed by atoms with van der Waals surface area (Å²) in [7, 11) is 9.20. The number of thioether (sulfide) groups is 1. The number of nitrogens with two attached hydrogens (primary N) is 1. The Bertz CT molecular complexity index is 1060. The van der Waals surface area contributed by atoms with Crippen LogP contribution in [-0.2, 0) is 0 Å². The van der Waals surface area contributed by atoms with Gasteiger partial charge < -0.3 is 54.0 Å². The first-order valence-corrected chi connectivity index (χ1v) is 13.4. The average Bonchev–Trinajstić information content (AvgIpc) is 2.79. The van der Waals surface area contributed by atoms with Gasteiger partial charge in [-0.25, -0.2) is 0 Å². The zero-order valence-corrected chi connectivity index (χ0v) is 26.1. The minimum Gasteiger partial charge on any atom is -1.00 e. The van der Waals surface area contributed by atoms with Crippen molar-refractivity contribution in [3.63, 3.8) is 0 Å². The first-order valence-electron chi connectivity index (χ1n) is 12.0. The maximum Gasteiger partial charge on any atom is 0.196 e. The van der Waals surface area contributed by atoms with Crippen molar-refractivity contribution in [2.24, 2.45) is 0 Å². The van der Waals surface area contributed by atoms with Crippen LogP contribution >= 0.6 is 11.8 Å². The van der Waals surface area contributed by atoms with Crippen LogP contribution in [-0.4, -0.2) is 93.5 Å². The number of carbonyl (C=O) groups is 2. The number of hydrogen-bond donors (Lipinski definition) is 2. The maximum absolute atomic E-state index is 13.2. The van der Waals surface area contributed by atoms with Gasteiger partial charge in [0.25, 0.3) is 0 Å². The zero-order chi connectivity index (χ0) is 24.9. The second-order valence-corrected chi connectivity index (χ2v) is 11.5. The van der Waals surface area contributed by atoms with Gasteiger partial charge >= 0.3 is 0 Å². The second kappa shape index (κ2) is 14.0. The van der Waals surface area contributed by atoms with Gasteiger partial charge in [-0.2, -0.15) is 11.8 Å². The Balaban J connectivity index is 0.00000324. The number of carbonyl (C=O) groups excluding carboxylic acids is 2. The van der Waals surface area contributed by atoms with Gasteiger partial charge in [0.15, 0.2) is 11.6 Å². The lowest BCUT2D eigenvalue weighted by Gasteiger charge is -2.33. The molecular formula is C27H40Br2N4O2S. The van der Waals surface area contributed by atoms with Gasteiger partial charge in [0.1, 0.15) is 0 Å². The molecule has 1 aliphatic rings. The lowest BCUT2D eigenvalue weighted by molar-refractivity contribution is -0.908. The highest BCUT2D eigenvalue weighted by Crippen LogP contribution is 2.35. The Morgan fingerprint density at radius 1 is 0.778 bits per heavy atom. The molecule has 0 heterocycles. The van der Waals surface area contributed by atoms with Crippen LogP contribution in [0.15, 0.2) is 36.4 Å². The fourth-order valence-corrected chi connectivity index (χ4v) is 5.29. The van der Waals surface area contributed by atoms with Crippen molar-refractivity contribution < 1.29 is 52.5 Å². The Morgan fingerprint density at radius 2 is 1.31 bits per heavy atom. The predicted octanol–water partition coefficient (Wildman–Crippen LogP) is -2.24. The molecule has 0 radical (unpaired) electrons. The Kier molecular flexibility index (Phi) is 12.7. The van der Waals surface area contributed by atoms with Crippen molar-refractivity contribution in [1.29, 1.82) is 0 Å². The third-order valence-corrected chi connectivity index (χ3v) is 7.38. The van der Waals surface area contributed by atoms with Gasteiger partial charge in [0, 0.05) is 47.6 Å². The summed E-state index contributed by atoms with van der Waals surface area (Å²) in [6, 6.07) is 10.5. The molecule has 9 heteroatoms. The SMILES string of the molecule is CSCC[N+](C)(C)CCC[N+](C)(C)CCCNc1ccc(N)c2c1C(=O)c1ccccc1C2=O.[Br-].[Br-]. The molecule has 2 aromatic rings. The van der Waals surface area contributed by atoms with Gasteiger partial charge in [-0.15, -0.1) is 0 Å². The van der Waals surface area contributed by atoms with Crippen LogP contribution < -0.4 is 45.0 Å². The van der Waals surface area contributed by atoms with Crippen molar-refractivity contribution >= 4 is 34.7 Å². The normalized spacial score (nSPS) is 12.8. The van der Waals surface area contributed by atoms with Gasteiger partial charge in [0.2, 0.25) is 0 Å². The number of halogens is 2. The number of rotatable bonds is 12. The van der Waals surface area contributed by atoms with Crippen molar-refractivity contribution in [2.45, 2.75) is 12.8 Å². The number of fused-ring (bicyclic) bond motifs is 2. The maximum atomic E-state index is 13.2. The van der Waals surface area contributed by atoms with Gasteiger partial charge in [-0.1, -0.05) is 24.3 Å². The first-order chi connectivity index (χ1) is 16.1. The van der Waals surface area contributed by atoms with E-state index in [0.29, 0.717) is 33.6 Å². The van der Waals surface area contributed by atoms with Crippen LogP contribution in [0.5, 0.6) is 0 Å². The van der Waals surface area contributed by atoms with E-state index in [0.717, 1.165) is 35.0 Å². The Labute approximate surface area is 241 Å². The number of nitrogens with zero attached hydrogens (tertiary/aromatic N) is 2. The number of anilines is 2. The van der Waals surface area contributed by atoms with Crippen LogP contribution in [0.25, 0.3) is 0 Å². The molecule has 0 bridgehead atoms. The second-order valence-electron chi connectivity index (χ2n) is 10.5. The molecule has 0 spiro atoms. The topological polar surface area (TPSA) is 72.2 Å². The third kappa shape index (κ3) is 8.05. The standard InChI is InChI=1S/C27H38N4O2S.2BrH/c1-30(2,16-9-17-31(3,4)18-19-34-5)15-8-14-29-23-13-12-22(28)24-25(23)27(33)21-11-7-6-10-20(21)26(24)32;;/h6-7,10-13H,8-9,14-19H2,1-5H3,(H-2,28,29,32,33);2*1H. The first kappa shape index (κ1) is 32.6. The van der Waals surface area contributed by atoms with Crippen LogP contribution in [0.3, 0.4) is 0 Å². The summed E-state index contributed by atoms with van der Waals surface area (Å²) >= 11 is 1.91. The van der Waals surface area contributed by atoms with E-state index in [2.05, 4.69) is 39.8 Å². The smallest absolute Gasteiger partial charge is 0.196 e. The minimum absolute atomic E-state index is 0. The summed E-state index contributed by atoms with van der Waals surface area (Å²) in [5, 5.41) is 3.41. The molecule has 3 rings (SSSR count). The van der Waals surface area contributed by atoms with E-state index in [1.807, 2.05) is 17.8 Å². The molecule has 1 aliphatic carbocycles. The quantitative estimate of drug-likeness (QED) is 0.133. The summed E-state index contributed by atoms with van der Waals surface area (Å²) in [6.45, 7) is 5.31. The molecule has 2 aromatic carbocycles. The molecule has 0 fully saturated rings. The molecule has 0 aromatic heterocycles. The van der Waals surface area contributed by atoms with E-state index in [1.165, 1.54) is 25.3 Å². The number of benzene rings is 2. The average molecular weight is 645 g/mol. The molecule has 36 heavy (non-hydrogen) atoms. The summed E-state index contributed by atoms with van der Waals surface area (Å²) in [4.78, 5) is 26.3. The fourth-order valence-electron chi connectivity index (χ4n) is 4.61. The molecule has 0 aliphatic heterocycles. The lowest BCUT2D eigenvalue weighted by Crippen LogP contribution is -3.00. The molecule has 200 valence electrons. The van der Waals surface area contributed by atoms with E-state index >= 15 is 0 Å². The predicted molar refractivity (Wildman–Crippen MR) is 144 cm³/mol. The van der Waals surface area contributed by atoms with E-state index in [4.69, 9.17) is 5.73 Å². The van der Waals surface area contributed by atoms with Crippen LogP contribution in [0, 0.1) is 0 Å². The minimum atomic E-state index is -0.178. The lowest BCUT2D eigenvalue weighted by atomic mass is 9.82. The largest absolute Gasteiger partial charge is 1.00 e. The number of nitrogen functional groups attached to an aromatic ring is 1. The molecule has 3 N–H and O–H groups in total. The highest BCUT2D eigenvalue weighted by molar-refractivity contribution is 7.98. The van der Waals surface area contributed by atoms with Crippen LogP contribution in [0.2, 0.25) is 0 Å². The number of ketones is 2. The van der Waals surface area contributed by atoms with Crippen molar-refractivity contribution in [3.8, 4) is 0 Å². The number of nitrogens with one attached hydrogen (secondary N) is 1. The van der Waals surface area contributed by atoms with Gasteiger partial charge in [0.05, 0.1) is 65.5 Å². The summed E-state index contributed by atoms with van der Waals surface area (Å²) in [5.41, 5.74) is 8.78. The third-order valence-electron chi connectivity index (χ3n) is 6.79. The van der Waals surface area contributed by atoms with Crippen molar-refractivity contribution in [3.05, 3.63) is 58.7 Å². The van der Waals surface area contributed by atoms with Gasteiger partial charge in [-0.3, -0.25) is 9.59 Å². The molecule has 0 unspecified atom stereocenters.